The highest BCUT2D eigenvalue weighted by Gasteiger charge is 2.28. The minimum atomic E-state index is -1.69. The van der Waals surface area contributed by atoms with Crippen LogP contribution in [0.5, 0.6) is 0 Å². The number of hydrogen-bond donors (Lipinski definition) is 2. The number of rotatable bonds is 6. The minimum Gasteiger partial charge on any atom is -0.444 e. The Morgan fingerprint density at radius 2 is 1.05 bits per heavy atom. The first-order chi connectivity index (χ1) is 29.8. The highest BCUT2D eigenvalue weighted by Crippen LogP contribution is 2.28. The summed E-state index contributed by atoms with van der Waals surface area (Å²) in [6.07, 6.45) is 0.724. The Bertz CT molecular complexity index is 2760. The Balaban J connectivity index is 0.000000226. The number of nitrogens with zero attached hydrogens (tertiary/aromatic N) is 5. The maximum Gasteiger partial charge on any atom is 0.412 e. The van der Waals surface area contributed by atoms with Crippen LogP contribution in [0.2, 0.25) is 10.3 Å². The topological polar surface area (TPSA) is 175 Å². The summed E-state index contributed by atoms with van der Waals surface area (Å²) in [6, 6.07) is 10.2. The summed E-state index contributed by atoms with van der Waals surface area (Å²) in [6.45, 7) is 9.56. The molecule has 2 aromatic heterocycles. The number of hydroxylamine groups is 2. The van der Waals surface area contributed by atoms with Crippen molar-refractivity contribution in [1.82, 2.24) is 25.0 Å². The maximum absolute atomic E-state index is 14.9. The molecule has 338 valence electrons. The van der Waals surface area contributed by atoms with Gasteiger partial charge < -0.3 is 9.47 Å². The number of benzene rings is 4. The zero-order valence-electron chi connectivity index (χ0n) is 35.0. The van der Waals surface area contributed by atoms with Gasteiger partial charge in [0.15, 0.2) is 34.9 Å². The minimum absolute atomic E-state index is 0.0547. The molecular weight excluding hydrogens is 899 g/mol. The van der Waals surface area contributed by atoms with Gasteiger partial charge in [-0.2, -0.15) is 0 Å². The van der Waals surface area contributed by atoms with E-state index in [4.69, 9.17) is 37.5 Å². The van der Waals surface area contributed by atoms with Crippen molar-refractivity contribution in [3.05, 3.63) is 129 Å². The molecule has 2 N–H and O–H groups in total. The lowest BCUT2D eigenvalue weighted by Gasteiger charge is -2.20. The smallest absolute Gasteiger partial charge is 0.412 e. The molecule has 0 bridgehead atoms. The largest absolute Gasteiger partial charge is 0.444 e. The quantitative estimate of drug-likeness (QED) is 0.0704. The molecule has 0 atom stereocenters. The molecule has 6 rings (SSSR count). The monoisotopic (exact) mass is 935 g/mol. The third kappa shape index (κ3) is 13.7. The Hall–Kier alpha value is -6.64. The number of hydrogen-bond acceptors (Lipinski definition) is 11. The third-order valence-corrected chi connectivity index (χ3v) is 8.12. The van der Waals surface area contributed by atoms with Crippen LogP contribution >= 0.6 is 23.2 Å². The Morgan fingerprint density at radius 3 is 1.55 bits per heavy atom. The van der Waals surface area contributed by atoms with Crippen molar-refractivity contribution >= 4 is 80.5 Å². The fourth-order valence-electron chi connectivity index (χ4n) is 5.00. The summed E-state index contributed by atoms with van der Waals surface area (Å²) in [4.78, 5) is 68.7. The van der Waals surface area contributed by atoms with Gasteiger partial charge in [0, 0.05) is 36.4 Å². The number of nitrogens with one attached hydrogen (secondary N) is 2. The van der Waals surface area contributed by atoms with E-state index in [1.807, 2.05) is 10.6 Å². The van der Waals surface area contributed by atoms with Crippen LogP contribution in [0.1, 0.15) is 67.8 Å². The molecule has 3 amide bonds. The number of ketones is 1. The number of carbonyl (C=O) groups excluding carboxylic acids is 4. The summed E-state index contributed by atoms with van der Waals surface area (Å²) >= 11 is 11.5. The zero-order valence-corrected chi connectivity index (χ0v) is 36.5. The normalized spacial score (nSPS) is 11.1. The summed E-state index contributed by atoms with van der Waals surface area (Å²) in [5.41, 5.74) is -1.91. The fourth-order valence-corrected chi connectivity index (χ4v) is 5.28. The molecule has 4 aromatic carbocycles. The van der Waals surface area contributed by atoms with Crippen LogP contribution < -0.4 is 10.6 Å². The van der Waals surface area contributed by atoms with Crippen LogP contribution in [0.3, 0.4) is 0 Å². The molecule has 14 nitrogen and oxygen atoms in total. The molecule has 0 aliphatic heterocycles. The second kappa shape index (κ2) is 20.7. The number of ether oxygens (including phenoxy) is 2. The molecule has 0 fully saturated rings. The third-order valence-electron chi connectivity index (χ3n) is 7.76. The molecule has 0 spiro atoms. The molecule has 6 aromatic rings. The molecule has 0 unspecified atom stereocenters. The van der Waals surface area contributed by atoms with Crippen LogP contribution in [0.15, 0.2) is 67.0 Å². The van der Waals surface area contributed by atoms with Crippen LogP contribution in [-0.2, 0) is 14.3 Å². The second-order valence-electron chi connectivity index (χ2n) is 15.0. The van der Waals surface area contributed by atoms with Gasteiger partial charge in [0.1, 0.15) is 27.3 Å². The molecule has 0 saturated heterocycles. The van der Waals surface area contributed by atoms with E-state index in [2.05, 4.69) is 19.9 Å². The molecular formula is C42H37Cl2F6N7O7. The van der Waals surface area contributed by atoms with Gasteiger partial charge in [-0.05, 0) is 77.9 Å². The lowest BCUT2D eigenvalue weighted by molar-refractivity contribution is -0.0756. The predicted molar refractivity (Wildman–Crippen MR) is 224 cm³/mol. The van der Waals surface area contributed by atoms with Crippen molar-refractivity contribution < 1.29 is 59.8 Å². The molecule has 64 heavy (non-hydrogen) atoms. The maximum atomic E-state index is 14.9. The van der Waals surface area contributed by atoms with Gasteiger partial charge in [-0.1, -0.05) is 23.2 Å². The number of amides is 3. The SMILES string of the molecule is CC(C)(C)OC(=O)Nc1cc(F)c(F)c(C(=O)c2ccc3ncc(Cl)nc3c2)c1F.CC(C)(C)OC(=O)Nc1cc(F)c(F)cc1F.CON(C)C(=O)c1ccc2ncc(Cl)nc2c1. The van der Waals surface area contributed by atoms with Gasteiger partial charge in [-0.3, -0.25) is 35.0 Å². The van der Waals surface area contributed by atoms with Gasteiger partial charge in [-0.15, -0.1) is 0 Å². The Kier molecular flexibility index (Phi) is 16.2. The molecule has 2 heterocycles. The van der Waals surface area contributed by atoms with E-state index < -0.39 is 81.0 Å². The first-order valence-electron chi connectivity index (χ1n) is 18.3. The van der Waals surface area contributed by atoms with E-state index in [-0.39, 0.29) is 22.1 Å². The number of carbonyl (C=O) groups is 4. The average molecular weight is 937 g/mol. The predicted octanol–water partition coefficient (Wildman–Crippen LogP) is 10.6. The van der Waals surface area contributed by atoms with E-state index in [1.165, 1.54) is 44.8 Å². The van der Waals surface area contributed by atoms with Crippen LogP contribution in [-0.4, -0.2) is 74.2 Å². The standard InChI is InChI=1S/C20H15ClF3N3O3.C11H10ClN3O2.C11H12F3NO2/c1-20(2,3)30-19(29)27-13-7-10(22)16(23)15(17(13)24)18(28)9-4-5-11-12(6-9)26-14(21)8-25-11;1-15(17-2)11(16)7-3-4-8-9(5-7)14-10(12)6-13-8;1-11(2,3)17-10(16)15-9-5-7(13)6(12)4-8(9)14/h4-8H,1-3H3,(H,27,29);3-6H,1-2H3;4-5H,1-3H3,(H,15,16). The first-order valence-corrected chi connectivity index (χ1v) is 19.1. The van der Waals surface area contributed by atoms with E-state index in [0.29, 0.717) is 45.5 Å². The average Bonchev–Trinajstić information content (AvgIpc) is 3.19. The molecule has 0 saturated carbocycles. The number of anilines is 2. The van der Waals surface area contributed by atoms with Gasteiger partial charge >= 0.3 is 12.2 Å². The van der Waals surface area contributed by atoms with Gasteiger partial charge in [0.2, 0.25) is 0 Å². The number of halogens is 8. The number of aromatic nitrogens is 4. The van der Waals surface area contributed by atoms with Crippen LogP contribution in [0.25, 0.3) is 22.1 Å². The van der Waals surface area contributed by atoms with Gasteiger partial charge in [0.25, 0.3) is 5.91 Å². The summed E-state index contributed by atoms with van der Waals surface area (Å²) in [5, 5.41) is 5.46. The van der Waals surface area contributed by atoms with Crippen molar-refractivity contribution in [2.24, 2.45) is 0 Å². The molecule has 0 aliphatic rings. The van der Waals surface area contributed by atoms with Crippen molar-refractivity contribution in [2.45, 2.75) is 52.7 Å². The van der Waals surface area contributed by atoms with E-state index in [9.17, 15) is 45.5 Å². The highest BCUT2D eigenvalue weighted by molar-refractivity contribution is 6.30. The second-order valence-corrected chi connectivity index (χ2v) is 15.8. The summed E-state index contributed by atoms with van der Waals surface area (Å²) in [5.74, 6) is -9.71. The molecule has 0 aliphatic carbocycles. The van der Waals surface area contributed by atoms with E-state index in [1.54, 1.807) is 59.7 Å². The van der Waals surface area contributed by atoms with Crippen molar-refractivity contribution in [3.63, 3.8) is 0 Å². The first kappa shape index (κ1) is 50.0. The summed E-state index contributed by atoms with van der Waals surface area (Å²) < 4.78 is 91.6. The van der Waals surface area contributed by atoms with Gasteiger partial charge in [0.05, 0.1) is 58.5 Å². The number of fused-ring (bicyclic) bond motifs is 2. The highest BCUT2D eigenvalue weighted by atomic mass is 35.5. The van der Waals surface area contributed by atoms with Crippen LogP contribution in [0.4, 0.5) is 47.3 Å². The Morgan fingerprint density at radius 1 is 0.594 bits per heavy atom. The van der Waals surface area contributed by atoms with Crippen molar-refractivity contribution in [2.75, 3.05) is 24.8 Å². The lowest BCUT2D eigenvalue weighted by Crippen LogP contribution is -2.28. The Labute approximate surface area is 370 Å². The van der Waals surface area contributed by atoms with E-state index >= 15 is 0 Å². The molecule has 0 radical (unpaired) electrons. The molecule has 22 heteroatoms. The van der Waals surface area contributed by atoms with Crippen LogP contribution in [0, 0.1) is 34.9 Å². The van der Waals surface area contributed by atoms with Crippen molar-refractivity contribution in [3.8, 4) is 0 Å². The zero-order chi connectivity index (χ0) is 47.8. The lowest BCUT2D eigenvalue weighted by atomic mass is 10.0. The van der Waals surface area contributed by atoms with Crippen molar-refractivity contribution in [1.29, 1.82) is 0 Å². The van der Waals surface area contributed by atoms with Gasteiger partial charge in [-0.25, -0.2) is 51.0 Å². The summed E-state index contributed by atoms with van der Waals surface area (Å²) in [7, 11) is 2.96. The fraction of sp³-hybridized carbons (Fsp3) is 0.238. The van der Waals surface area contributed by atoms with E-state index in [0.717, 1.165) is 5.06 Å².